The number of alkyl halides is 1. The van der Waals surface area contributed by atoms with Gasteiger partial charge in [0, 0.05) is 4.83 Å². The summed E-state index contributed by atoms with van der Waals surface area (Å²) in [5.41, 5.74) is 0. The van der Waals surface area contributed by atoms with Crippen LogP contribution in [0.15, 0.2) is 0 Å². The van der Waals surface area contributed by atoms with Crippen molar-refractivity contribution in [2.24, 2.45) is 5.92 Å². The van der Waals surface area contributed by atoms with E-state index in [0.29, 0.717) is 16.5 Å². The first-order chi connectivity index (χ1) is 6.43. The Morgan fingerprint density at radius 2 is 2.00 bits per heavy atom. The van der Waals surface area contributed by atoms with Gasteiger partial charge in [0.1, 0.15) is 0 Å². The van der Waals surface area contributed by atoms with Crippen LogP contribution in [0.5, 0.6) is 0 Å². The van der Waals surface area contributed by atoms with Gasteiger partial charge >= 0.3 is 0 Å². The molecule has 1 aliphatic rings. The molecule has 0 aliphatic heterocycles. The number of hydrogen-bond donors (Lipinski definition) is 0. The van der Waals surface area contributed by atoms with E-state index < -0.39 is 9.84 Å². The van der Waals surface area contributed by atoms with E-state index >= 15 is 0 Å². The van der Waals surface area contributed by atoms with Gasteiger partial charge in [-0.05, 0) is 39.0 Å². The third-order valence-corrected chi connectivity index (χ3v) is 6.50. The second-order valence-electron chi connectivity index (χ2n) is 4.41. The highest BCUT2D eigenvalue weighted by molar-refractivity contribution is 9.09. The topological polar surface area (TPSA) is 34.1 Å². The fraction of sp³-hybridized carbons (Fsp3) is 1.00. The summed E-state index contributed by atoms with van der Waals surface area (Å²) in [6, 6.07) is 0. The molecule has 2 unspecified atom stereocenters. The molecule has 0 amide bonds. The minimum absolute atomic E-state index is 0.224. The zero-order valence-corrected chi connectivity index (χ0v) is 11.3. The Labute approximate surface area is 95.5 Å². The molecule has 2 atom stereocenters. The highest BCUT2D eigenvalue weighted by Crippen LogP contribution is 2.34. The molecule has 4 heteroatoms. The van der Waals surface area contributed by atoms with Crippen molar-refractivity contribution in [3.63, 3.8) is 0 Å². The van der Waals surface area contributed by atoms with Gasteiger partial charge in [0.05, 0.1) is 11.0 Å². The maximum absolute atomic E-state index is 11.6. The molecule has 1 aliphatic carbocycles. The summed E-state index contributed by atoms with van der Waals surface area (Å²) in [5.74, 6) is 0.931. The Morgan fingerprint density at radius 3 is 2.43 bits per heavy atom. The highest BCUT2D eigenvalue weighted by atomic mass is 79.9. The smallest absolute Gasteiger partial charge is 0.152 e. The van der Waals surface area contributed by atoms with Crippen LogP contribution in [-0.2, 0) is 9.84 Å². The van der Waals surface area contributed by atoms with Crippen molar-refractivity contribution in [2.45, 2.75) is 49.6 Å². The van der Waals surface area contributed by atoms with Crippen LogP contribution in [0.2, 0.25) is 0 Å². The van der Waals surface area contributed by atoms with Crippen LogP contribution in [0.1, 0.15) is 39.5 Å². The maximum atomic E-state index is 11.6. The Kier molecular flexibility index (Phi) is 4.44. The molecule has 0 radical (unpaired) electrons. The summed E-state index contributed by atoms with van der Waals surface area (Å²) in [6.07, 6.45) is 4.45. The summed E-state index contributed by atoms with van der Waals surface area (Å²) < 4.78 is 23.2. The average molecular weight is 283 g/mol. The zero-order chi connectivity index (χ0) is 10.8. The SMILES string of the molecule is CC(C)S(=O)(=O)CCC1CCCC1Br. The first-order valence-corrected chi connectivity index (χ1v) is 7.92. The summed E-state index contributed by atoms with van der Waals surface area (Å²) >= 11 is 3.61. The van der Waals surface area contributed by atoms with E-state index in [1.807, 2.05) is 0 Å². The Balaban J connectivity index is 2.40. The van der Waals surface area contributed by atoms with E-state index in [0.717, 1.165) is 6.42 Å². The standard InChI is InChI=1S/C10H19BrO2S/c1-8(2)14(12,13)7-6-9-4-3-5-10(9)11/h8-10H,3-7H2,1-2H3. The van der Waals surface area contributed by atoms with Crippen LogP contribution in [0, 0.1) is 5.92 Å². The quantitative estimate of drug-likeness (QED) is 0.743. The molecule has 0 saturated heterocycles. The van der Waals surface area contributed by atoms with Crippen LogP contribution in [0.25, 0.3) is 0 Å². The molecule has 84 valence electrons. The van der Waals surface area contributed by atoms with Gasteiger partial charge < -0.3 is 0 Å². The van der Waals surface area contributed by atoms with E-state index in [1.54, 1.807) is 13.8 Å². The Hall–Kier alpha value is 0.430. The fourth-order valence-electron chi connectivity index (χ4n) is 1.87. The first kappa shape index (κ1) is 12.5. The molecule has 0 aromatic carbocycles. The molecule has 0 bridgehead atoms. The van der Waals surface area contributed by atoms with Gasteiger partial charge in [-0.2, -0.15) is 0 Å². The third kappa shape index (κ3) is 3.23. The highest BCUT2D eigenvalue weighted by Gasteiger charge is 2.27. The van der Waals surface area contributed by atoms with Crippen LogP contribution in [0.4, 0.5) is 0 Å². The van der Waals surface area contributed by atoms with Gasteiger partial charge in [0.15, 0.2) is 9.84 Å². The lowest BCUT2D eigenvalue weighted by Crippen LogP contribution is -2.21. The number of hydrogen-bond acceptors (Lipinski definition) is 2. The molecule has 0 N–H and O–H groups in total. The number of halogens is 1. The lowest BCUT2D eigenvalue weighted by atomic mass is 10.1. The van der Waals surface area contributed by atoms with Crippen molar-refractivity contribution < 1.29 is 8.42 Å². The summed E-state index contributed by atoms with van der Waals surface area (Å²) in [7, 11) is -2.83. The number of sulfone groups is 1. The third-order valence-electron chi connectivity index (χ3n) is 3.06. The van der Waals surface area contributed by atoms with E-state index in [4.69, 9.17) is 0 Å². The molecule has 0 heterocycles. The van der Waals surface area contributed by atoms with Gasteiger partial charge in [0.2, 0.25) is 0 Å². The lowest BCUT2D eigenvalue weighted by molar-refractivity contribution is 0.530. The molecule has 0 spiro atoms. The van der Waals surface area contributed by atoms with Crippen molar-refractivity contribution in [1.29, 1.82) is 0 Å². The van der Waals surface area contributed by atoms with Gasteiger partial charge in [-0.3, -0.25) is 0 Å². The molecular formula is C10H19BrO2S. The zero-order valence-electron chi connectivity index (χ0n) is 8.87. The van der Waals surface area contributed by atoms with Gasteiger partial charge in [-0.1, -0.05) is 22.4 Å². The second kappa shape index (κ2) is 4.97. The minimum atomic E-state index is -2.83. The van der Waals surface area contributed by atoms with Crippen LogP contribution in [-0.4, -0.2) is 24.2 Å². The van der Waals surface area contributed by atoms with Crippen LogP contribution >= 0.6 is 15.9 Å². The monoisotopic (exact) mass is 282 g/mol. The Bertz CT molecular complexity index is 272. The minimum Gasteiger partial charge on any atom is -0.229 e. The molecule has 0 aromatic rings. The Morgan fingerprint density at radius 1 is 1.36 bits per heavy atom. The van der Waals surface area contributed by atoms with Gasteiger partial charge in [-0.25, -0.2) is 8.42 Å². The van der Waals surface area contributed by atoms with E-state index in [1.165, 1.54) is 19.3 Å². The molecule has 1 rings (SSSR count). The molecule has 0 aromatic heterocycles. The molecule has 1 fully saturated rings. The fourth-order valence-corrected chi connectivity index (χ4v) is 3.82. The van der Waals surface area contributed by atoms with Gasteiger partial charge in [-0.15, -0.1) is 0 Å². The number of rotatable bonds is 4. The van der Waals surface area contributed by atoms with Crippen molar-refractivity contribution in [3.05, 3.63) is 0 Å². The van der Waals surface area contributed by atoms with Crippen molar-refractivity contribution in [2.75, 3.05) is 5.75 Å². The van der Waals surface area contributed by atoms with Crippen molar-refractivity contribution >= 4 is 25.8 Å². The van der Waals surface area contributed by atoms with Crippen molar-refractivity contribution in [3.8, 4) is 0 Å². The predicted octanol–water partition coefficient (Wildman–Crippen LogP) is 2.76. The van der Waals surface area contributed by atoms with E-state index in [2.05, 4.69) is 15.9 Å². The molecule has 14 heavy (non-hydrogen) atoms. The maximum Gasteiger partial charge on any atom is 0.152 e. The largest absolute Gasteiger partial charge is 0.229 e. The predicted molar refractivity (Wildman–Crippen MR) is 63.6 cm³/mol. The first-order valence-electron chi connectivity index (χ1n) is 5.29. The lowest BCUT2D eigenvalue weighted by Gasteiger charge is -2.14. The van der Waals surface area contributed by atoms with Gasteiger partial charge in [0.25, 0.3) is 0 Å². The molecular weight excluding hydrogens is 264 g/mol. The van der Waals surface area contributed by atoms with E-state index in [-0.39, 0.29) is 5.25 Å². The van der Waals surface area contributed by atoms with Crippen LogP contribution in [0.3, 0.4) is 0 Å². The van der Waals surface area contributed by atoms with Crippen molar-refractivity contribution in [1.82, 2.24) is 0 Å². The molecule has 1 saturated carbocycles. The summed E-state index contributed by atoms with van der Waals surface area (Å²) in [6.45, 7) is 3.52. The normalized spacial score (nSPS) is 28.6. The average Bonchev–Trinajstić information content (AvgIpc) is 2.47. The second-order valence-corrected chi connectivity index (χ2v) is 8.26. The van der Waals surface area contributed by atoms with Crippen LogP contribution < -0.4 is 0 Å². The van der Waals surface area contributed by atoms with E-state index in [9.17, 15) is 8.42 Å². The summed E-state index contributed by atoms with van der Waals surface area (Å²) in [5, 5.41) is -0.224. The summed E-state index contributed by atoms with van der Waals surface area (Å²) in [4.78, 5) is 0.546. The molecule has 2 nitrogen and oxygen atoms in total.